The molecule has 0 N–H and O–H groups in total. The fourth-order valence-corrected chi connectivity index (χ4v) is 1.91. The Balaban J connectivity index is 3.07. The van der Waals surface area contributed by atoms with Crippen molar-refractivity contribution in [2.75, 3.05) is 20.0 Å². The van der Waals surface area contributed by atoms with Crippen LogP contribution in [-0.4, -0.2) is 25.0 Å². The maximum atomic E-state index is 5.42. The normalized spacial score (nSPS) is 10.5. The van der Waals surface area contributed by atoms with Gasteiger partial charge in [-0.05, 0) is 25.5 Å². The fraction of sp³-hybridized carbons (Fsp3) is 0.583. The molecule has 0 aliphatic rings. The van der Waals surface area contributed by atoms with Crippen LogP contribution >= 0.6 is 12.6 Å². The highest BCUT2D eigenvalue weighted by Gasteiger charge is 2.12. The van der Waals surface area contributed by atoms with Gasteiger partial charge in [-0.1, -0.05) is 0 Å². The molecule has 0 radical (unpaired) electrons. The molecule has 1 rings (SSSR count). The summed E-state index contributed by atoms with van der Waals surface area (Å²) in [5, 5.41) is 0. The largest absolute Gasteiger partial charge is 0.495 e. The lowest BCUT2D eigenvalue weighted by Crippen LogP contribution is -2.04. The maximum Gasteiger partial charge on any atom is 0.143 e. The summed E-state index contributed by atoms with van der Waals surface area (Å²) in [5.74, 6) is 1.76. The standard InChI is InChI=1S/C12H19NO2S/c1-9-12(15-3)11(5-4-6-16)10(7-13-9)8-14-2/h7,16H,4-6,8H2,1-3H3. The quantitative estimate of drug-likeness (QED) is 0.776. The lowest BCUT2D eigenvalue weighted by molar-refractivity contribution is 0.183. The molecule has 0 aromatic carbocycles. The molecule has 0 unspecified atom stereocenters. The van der Waals surface area contributed by atoms with Gasteiger partial charge in [-0.3, -0.25) is 4.98 Å². The zero-order chi connectivity index (χ0) is 12.0. The first-order valence-electron chi connectivity index (χ1n) is 5.35. The van der Waals surface area contributed by atoms with Gasteiger partial charge in [-0.2, -0.15) is 12.6 Å². The van der Waals surface area contributed by atoms with Gasteiger partial charge in [0.1, 0.15) is 5.75 Å². The Morgan fingerprint density at radius 2 is 2.12 bits per heavy atom. The molecule has 0 saturated heterocycles. The molecule has 16 heavy (non-hydrogen) atoms. The first-order chi connectivity index (χ1) is 7.74. The third-order valence-corrected chi connectivity index (χ3v) is 2.81. The second-order valence-electron chi connectivity index (χ2n) is 3.64. The summed E-state index contributed by atoms with van der Waals surface area (Å²) in [4.78, 5) is 4.31. The van der Waals surface area contributed by atoms with Crippen LogP contribution in [0.15, 0.2) is 6.20 Å². The smallest absolute Gasteiger partial charge is 0.143 e. The number of thiol groups is 1. The molecular formula is C12H19NO2S. The van der Waals surface area contributed by atoms with Crippen molar-refractivity contribution in [2.45, 2.75) is 26.4 Å². The van der Waals surface area contributed by atoms with Crippen molar-refractivity contribution in [3.05, 3.63) is 23.0 Å². The van der Waals surface area contributed by atoms with E-state index in [0.29, 0.717) is 6.61 Å². The first-order valence-corrected chi connectivity index (χ1v) is 5.99. The Labute approximate surface area is 103 Å². The van der Waals surface area contributed by atoms with E-state index in [2.05, 4.69) is 17.6 Å². The second kappa shape index (κ2) is 6.76. The van der Waals surface area contributed by atoms with Gasteiger partial charge in [0.2, 0.25) is 0 Å². The SMILES string of the molecule is COCc1cnc(C)c(OC)c1CCCS. The fourth-order valence-electron chi connectivity index (χ4n) is 1.76. The number of pyridine rings is 1. The van der Waals surface area contributed by atoms with Crippen molar-refractivity contribution in [2.24, 2.45) is 0 Å². The van der Waals surface area contributed by atoms with E-state index in [-0.39, 0.29) is 0 Å². The topological polar surface area (TPSA) is 31.4 Å². The van der Waals surface area contributed by atoms with Gasteiger partial charge in [0.05, 0.1) is 19.4 Å². The molecular weight excluding hydrogens is 222 g/mol. The molecule has 1 aromatic rings. The Hall–Kier alpha value is -0.740. The summed E-state index contributed by atoms with van der Waals surface area (Å²) in [5.41, 5.74) is 3.23. The molecule has 4 heteroatoms. The molecule has 0 fully saturated rings. The van der Waals surface area contributed by atoms with E-state index >= 15 is 0 Å². The lowest BCUT2D eigenvalue weighted by Gasteiger charge is -2.14. The summed E-state index contributed by atoms with van der Waals surface area (Å²) in [6, 6.07) is 0. The average molecular weight is 241 g/mol. The lowest BCUT2D eigenvalue weighted by atomic mass is 10.0. The zero-order valence-electron chi connectivity index (χ0n) is 10.1. The summed E-state index contributed by atoms with van der Waals surface area (Å²) in [7, 11) is 3.37. The van der Waals surface area contributed by atoms with Crippen LogP contribution in [0.25, 0.3) is 0 Å². The molecule has 1 aromatic heterocycles. The first kappa shape index (κ1) is 13.3. The molecule has 0 aliphatic carbocycles. The van der Waals surface area contributed by atoms with Gasteiger partial charge in [-0.25, -0.2) is 0 Å². The number of aromatic nitrogens is 1. The van der Waals surface area contributed by atoms with Crippen LogP contribution in [0.5, 0.6) is 5.75 Å². The van der Waals surface area contributed by atoms with E-state index in [1.54, 1.807) is 14.2 Å². The number of rotatable bonds is 6. The number of methoxy groups -OCH3 is 2. The van der Waals surface area contributed by atoms with Crippen LogP contribution in [0.2, 0.25) is 0 Å². The van der Waals surface area contributed by atoms with Gasteiger partial charge in [-0.15, -0.1) is 0 Å². The third-order valence-electron chi connectivity index (χ3n) is 2.49. The number of hydrogen-bond acceptors (Lipinski definition) is 4. The second-order valence-corrected chi connectivity index (χ2v) is 4.09. The van der Waals surface area contributed by atoms with E-state index in [1.807, 2.05) is 13.1 Å². The molecule has 0 aliphatic heterocycles. The van der Waals surface area contributed by atoms with Crippen molar-refractivity contribution >= 4 is 12.6 Å². The summed E-state index contributed by atoms with van der Waals surface area (Å²) in [6.07, 6.45) is 3.85. The molecule has 3 nitrogen and oxygen atoms in total. The van der Waals surface area contributed by atoms with Crippen LogP contribution in [0, 0.1) is 6.92 Å². The van der Waals surface area contributed by atoms with E-state index in [9.17, 15) is 0 Å². The van der Waals surface area contributed by atoms with Crippen LogP contribution < -0.4 is 4.74 Å². The van der Waals surface area contributed by atoms with Crippen molar-refractivity contribution in [3.63, 3.8) is 0 Å². The van der Waals surface area contributed by atoms with E-state index < -0.39 is 0 Å². The van der Waals surface area contributed by atoms with E-state index in [4.69, 9.17) is 9.47 Å². The molecule has 1 heterocycles. The van der Waals surface area contributed by atoms with Crippen molar-refractivity contribution in [1.29, 1.82) is 0 Å². The van der Waals surface area contributed by atoms with Gasteiger partial charge >= 0.3 is 0 Å². The third kappa shape index (κ3) is 3.12. The number of ether oxygens (including phenoxy) is 2. The highest BCUT2D eigenvalue weighted by atomic mass is 32.1. The molecule has 90 valence electrons. The number of aryl methyl sites for hydroxylation is 1. The average Bonchev–Trinajstić information content (AvgIpc) is 2.29. The Morgan fingerprint density at radius 3 is 2.69 bits per heavy atom. The predicted octanol–water partition coefficient (Wildman–Crippen LogP) is 2.41. The van der Waals surface area contributed by atoms with Crippen LogP contribution in [0.1, 0.15) is 23.2 Å². The summed E-state index contributed by atoms with van der Waals surface area (Å²) < 4.78 is 10.6. The number of hydrogen-bond donors (Lipinski definition) is 1. The summed E-state index contributed by atoms with van der Waals surface area (Å²) in [6.45, 7) is 2.53. The van der Waals surface area contributed by atoms with Crippen molar-refractivity contribution in [1.82, 2.24) is 4.98 Å². The van der Waals surface area contributed by atoms with Crippen LogP contribution in [0.4, 0.5) is 0 Å². The van der Waals surface area contributed by atoms with Gasteiger partial charge in [0.15, 0.2) is 0 Å². The Bertz CT molecular complexity index is 342. The van der Waals surface area contributed by atoms with Crippen LogP contribution in [0.3, 0.4) is 0 Å². The molecule has 0 spiro atoms. The minimum atomic E-state index is 0.575. The highest BCUT2D eigenvalue weighted by molar-refractivity contribution is 7.80. The highest BCUT2D eigenvalue weighted by Crippen LogP contribution is 2.26. The Kier molecular flexibility index (Phi) is 5.63. The van der Waals surface area contributed by atoms with Gasteiger partial charge in [0.25, 0.3) is 0 Å². The molecule has 0 bridgehead atoms. The Morgan fingerprint density at radius 1 is 1.38 bits per heavy atom. The predicted molar refractivity (Wildman–Crippen MR) is 68.4 cm³/mol. The minimum Gasteiger partial charge on any atom is -0.495 e. The van der Waals surface area contributed by atoms with E-state index in [0.717, 1.165) is 35.6 Å². The minimum absolute atomic E-state index is 0.575. The zero-order valence-corrected chi connectivity index (χ0v) is 11.0. The molecule has 0 saturated carbocycles. The van der Waals surface area contributed by atoms with Gasteiger partial charge < -0.3 is 9.47 Å². The molecule has 0 atom stereocenters. The van der Waals surface area contributed by atoms with Crippen molar-refractivity contribution < 1.29 is 9.47 Å². The van der Waals surface area contributed by atoms with E-state index in [1.165, 1.54) is 5.56 Å². The monoisotopic (exact) mass is 241 g/mol. The molecule has 0 amide bonds. The maximum absolute atomic E-state index is 5.42. The number of nitrogens with zero attached hydrogens (tertiary/aromatic N) is 1. The van der Waals surface area contributed by atoms with Crippen LogP contribution in [-0.2, 0) is 17.8 Å². The van der Waals surface area contributed by atoms with Crippen molar-refractivity contribution in [3.8, 4) is 5.75 Å². The van der Waals surface area contributed by atoms with Gasteiger partial charge in [0, 0.05) is 24.4 Å². The summed E-state index contributed by atoms with van der Waals surface area (Å²) >= 11 is 4.24.